The second kappa shape index (κ2) is 9.31. The van der Waals surface area contributed by atoms with Gasteiger partial charge in [0.05, 0.1) is 12.8 Å². The third-order valence-electron chi connectivity index (χ3n) is 2.89. The number of nitrogens with one attached hydrogen (secondary N) is 1. The van der Waals surface area contributed by atoms with E-state index in [1.807, 2.05) is 42.7 Å². The number of furan rings is 1. The van der Waals surface area contributed by atoms with Crippen LogP contribution in [-0.4, -0.2) is 5.91 Å². The number of carbonyl (C=O) groups is 1. The molecule has 0 spiro atoms. The second-order valence-electron chi connectivity index (χ2n) is 4.43. The number of rotatable bonds is 7. The van der Waals surface area contributed by atoms with Crippen molar-refractivity contribution in [3.05, 3.63) is 54.7 Å². The van der Waals surface area contributed by atoms with Crippen LogP contribution in [0.25, 0.3) is 0 Å². The summed E-state index contributed by atoms with van der Waals surface area (Å²) in [5.41, 5.74) is 0. The van der Waals surface area contributed by atoms with Gasteiger partial charge in [0, 0.05) is 25.0 Å². The minimum absolute atomic E-state index is 0. The first-order valence-corrected chi connectivity index (χ1v) is 6.58. The van der Waals surface area contributed by atoms with Crippen molar-refractivity contribution in [3.63, 3.8) is 0 Å². The molecule has 0 aromatic carbocycles. The Morgan fingerprint density at radius 1 is 1.15 bits per heavy atom. The highest BCUT2D eigenvalue weighted by Crippen LogP contribution is 2.00. The van der Waals surface area contributed by atoms with Gasteiger partial charge < -0.3 is 26.7 Å². The van der Waals surface area contributed by atoms with Crippen LogP contribution in [0.4, 0.5) is 0 Å². The quantitative estimate of drug-likeness (QED) is 0.523. The number of amides is 1. The van der Waals surface area contributed by atoms with Gasteiger partial charge in [-0.2, -0.15) is 0 Å². The Balaban J connectivity index is 0.00000200. The summed E-state index contributed by atoms with van der Waals surface area (Å²) in [6.07, 6.45) is 8.15. The highest BCUT2D eigenvalue weighted by atomic mass is 79.9. The van der Waals surface area contributed by atoms with Crippen LogP contribution in [0.15, 0.2) is 53.4 Å². The van der Waals surface area contributed by atoms with E-state index in [0.717, 1.165) is 25.1 Å². The topological polar surface area (TPSA) is 46.1 Å². The largest absolute Gasteiger partial charge is 1.00 e. The van der Waals surface area contributed by atoms with Crippen molar-refractivity contribution < 1.29 is 30.8 Å². The van der Waals surface area contributed by atoms with Crippen molar-refractivity contribution in [1.82, 2.24) is 5.32 Å². The van der Waals surface area contributed by atoms with Gasteiger partial charge in [-0.3, -0.25) is 4.79 Å². The van der Waals surface area contributed by atoms with E-state index >= 15 is 0 Å². The zero-order chi connectivity index (χ0) is 13.3. The number of aromatic nitrogens is 1. The van der Waals surface area contributed by atoms with E-state index in [0.29, 0.717) is 13.0 Å². The lowest BCUT2D eigenvalue weighted by Crippen LogP contribution is -3.00. The molecule has 20 heavy (non-hydrogen) atoms. The van der Waals surface area contributed by atoms with E-state index in [-0.39, 0.29) is 22.9 Å². The van der Waals surface area contributed by atoms with Crippen LogP contribution in [0, 0.1) is 0 Å². The fraction of sp³-hybridized carbons (Fsp3) is 0.333. The van der Waals surface area contributed by atoms with Gasteiger partial charge in [-0.15, -0.1) is 0 Å². The van der Waals surface area contributed by atoms with Gasteiger partial charge in [0.15, 0.2) is 12.4 Å². The lowest BCUT2D eigenvalue weighted by atomic mass is 10.2. The summed E-state index contributed by atoms with van der Waals surface area (Å²) in [7, 11) is 0. The summed E-state index contributed by atoms with van der Waals surface area (Å²) in [6, 6.07) is 9.69. The molecule has 0 atom stereocenters. The maximum Gasteiger partial charge on any atom is 0.220 e. The van der Waals surface area contributed by atoms with Crippen LogP contribution < -0.4 is 26.9 Å². The zero-order valence-corrected chi connectivity index (χ0v) is 12.9. The van der Waals surface area contributed by atoms with Gasteiger partial charge in [0.25, 0.3) is 0 Å². The second-order valence-corrected chi connectivity index (χ2v) is 4.43. The molecule has 2 heterocycles. The summed E-state index contributed by atoms with van der Waals surface area (Å²) in [5, 5.41) is 2.84. The van der Waals surface area contributed by atoms with E-state index in [4.69, 9.17) is 4.42 Å². The molecule has 0 bridgehead atoms. The number of unbranched alkanes of at least 4 members (excludes halogenated alkanes) is 1. The molecule has 0 aliphatic rings. The smallest absolute Gasteiger partial charge is 0.220 e. The molecule has 0 radical (unpaired) electrons. The highest BCUT2D eigenvalue weighted by Gasteiger charge is 2.04. The molecule has 2 aromatic heterocycles. The maximum absolute atomic E-state index is 11.6. The Hall–Kier alpha value is -1.62. The Morgan fingerprint density at radius 3 is 2.65 bits per heavy atom. The molecule has 0 saturated carbocycles. The van der Waals surface area contributed by atoms with Crippen molar-refractivity contribution in [2.45, 2.75) is 32.4 Å². The molecule has 1 amide bonds. The van der Waals surface area contributed by atoms with Crippen molar-refractivity contribution in [2.24, 2.45) is 0 Å². The third kappa shape index (κ3) is 6.02. The van der Waals surface area contributed by atoms with Crippen molar-refractivity contribution >= 4 is 5.91 Å². The Labute approximate surface area is 129 Å². The summed E-state index contributed by atoms with van der Waals surface area (Å²) in [6.45, 7) is 1.42. The van der Waals surface area contributed by atoms with E-state index in [2.05, 4.69) is 9.88 Å². The SMILES string of the molecule is O=C(CCCC[n+]1ccccc1)NCc1ccco1.[Br-]. The number of nitrogens with zero attached hydrogens (tertiary/aromatic N) is 1. The molecule has 2 rings (SSSR count). The van der Waals surface area contributed by atoms with E-state index < -0.39 is 0 Å². The lowest BCUT2D eigenvalue weighted by molar-refractivity contribution is -0.697. The first kappa shape index (κ1) is 16.4. The lowest BCUT2D eigenvalue weighted by Gasteiger charge is -2.02. The summed E-state index contributed by atoms with van der Waals surface area (Å²) in [4.78, 5) is 11.6. The minimum Gasteiger partial charge on any atom is -1.00 e. The van der Waals surface area contributed by atoms with Crippen molar-refractivity contribution in [3.8, 4) is 0 Å². The van der Waals surface area contributed by atoms with Gasteiger partial charge in [-0.05, 0) is 18.6 Å². The molecule has 1 N–H and O–H groups in total. The summed E-state index contributed by atoms with van der Waals surface area (Å²) >= 11 is 0. The number of aryl methyl sites for hydroxylation is 1. The first-order valence-electron chi connectivity index (χ1n) is 6.58. The van der Waals surface area contributed by atoms with E-state index in [1.165, 1.54) is 0 Å². The standard InChI is InChI=1S/C15H18N2O2.BrH/c18-15(16-13-14-7-6-12-19-14)8-2-5-11-17-9-3-1-4-10-17;/h1,3-4,6-7,9-10,12H,2,5,8,11,13H2;1H. The summed E-state index contributed by atoms with van der Waals surface area (Å²) < 4.78 is 7.28. The molecule has 0 saturated heterocycles. The van der Waals surface area contributed by atoms with Gasteiger partial charge in [-0.1, -0.05) is 6.07 Å². The molecule has 108 valence electrons. The van der Waals surface area contributed by atoms with Crippen LogP contribution >= 0.6 is 0 Å². The molecule has 5 heteroatoms. The Kier molecular flexibility index (Phi) is 7.65. The fourth-order valence-corrected chi connectivity index (χ4v) is 1.85. The maximum atomic E-state index is 11.6. The number of carbonyl (C=O) groups excluding carboxylic acids is 1. The number of pyridine rings is 1. The number of halogens is 1. The van der Waals surface area contributed by atoms with Crippen LogP contribution in [-0.2, 0) is 17.9 Å². The van der Waals surface area contributed by atoms with Crippen LogP contribution in [0.3, 0.4) is 0 Å². The monoisotopic (exact) mass is 338 g/mol. The molecule has 2 aromatic rings. The molecule has 0 fully saturated rings. The molecular formula is C15H19BrN2O2. The molecule has 0 aliphatic heterocycles. The minimum atomic E-state index is 0. The predicted molar refractivity (Wildman–Crippen MR) is 71.0 cm³/mol. The predicted octanol–water partition coefficient (Wildman–Crippen LogP) is -0.942. The molecular weight excluding hydrogens is 320 g/mol. The Morgan fingerprint density at radius 2 is 1.95 bits per heavy atom. The molecule has 0 aliphatic carbocycles. The average molecular weight is 339 g/mol. The Bertz CT molecular complexity index is 486. The van der Waals surface area contributed by atoms with Gasteiger partial charge in [0.1, 0.15) is 12.3 Å². The number of hydrogen-bond acceptors (Lipinski definition) is 2. The van der Waals surface area contributed by atoms with Crippen LogP contribution in [0.2, 0.25) is 0 Å². The first-order chi connectivity index (χ1) is 9.34. The van der Waals surface area contributed by atoms with Gasteiger partial charge in [-0.25, -0.2) is 4.57 Å². The average Bonchev–Trinajstić information content (AvgIpc) is 2.96. The van der Waals surface area contributed by atoms with Crippen LogP contribution in [0.1, 0.15) is 25.0 Å². The van der Waals surface area contributed by atoms with Crippen molar-refractivity contribution in [1.29, 1.82) is 0 Å². The number of hydrogen-bond donors (Lipinski definition) is 1. The van der Waals surface area contributed by atoms with Crippen molar-refractivity contribution in [2.75, 3.05) is 0 Å². The molecule has 0 unspecified atom stereocenters. The normalized spacial score (nSPS) is 9.80. The van der Waals surface area contributed by atoms with E-state index in [9.17, 15) is 4.79 Å². The highest BCUT2D eigenvalue weighted by molar-refractivity contribution is 5.75. The van der Waals surface area contributed by atoms with Gasteiger partial charge >= 0.3 is 0 Å². The zero-order valence-electron chi connectivity index (χ0n) is 11.3. The van der Waals surface area contributed by atoms with Gasteiger partial charge in [0.2, 0.25) is 5.91 Å². The third-order valence-corrected chi connectivity index (χ3v) is 2.89. The summed E-state index contributed by atoms with van der Waals surface area (Å²) in [5.74, 6) is 0.864. The van der Waals surface area contributed by atoms with Crippen LogP contribution in [0.5, 0.6) is 0 Å². The fourth-order valence-electron chi connectivity index (χ4n) is 1.85. The molecule has 4 nitrogen and oxygen atoms in total. The van der Waals surface area contributed by atoms with E-state index in [1.54, 1.807) is 6.26 Å².